The van der Waals surface area contributed by atoms with E-state index in [1.807, 2.05) is 183 Å². The first-order valence-corrected chi connectivity index (χ1v) is 50.1. The van der Waals surface area contributed by atoms with Crippen molar-refractivity contribution >= 4 is 137 Å². The van der Waals surface area contributed by atoms with Crippen molar-refractivity contribution in [2.75, 3.05) is 0 Å². The Hall–Kier alpha value is -20.3. The van der Waals surface area contributed by atoms with Gasteiger partial charge in [-0.05, 0) is 279 Å². The number of aromatic nitrogens is 6. The number of aliphatic imine (C=N–C) groups is 6. The maximum atomic E-state index is 4.95. The van der Waals surface area contributed by atoms with Crippen LogP contribution in [0.4, 0.5) is 34.1 Å². The smallest absolute Gasteiger partial charge is 0.0820 e. The molecule has 0 fully saturated rings. The summed E-state index contributed by atoms with van der Waals surface area (Å²) >= 11 is 0. The van der Waals surface area contributed by atoms with E-state index in [2.05, 4.69) is 364 Å². The molecule has 702 valence electrons. The summed E-state index contributed by atoms with van der Waals surface area (Å²) in [6.07, 6.45) is 11.0. The third-order valence-electron chi connectivity index (χ3n) is 27.5. The van der Waals surface area contributed by atoms with Gasteiger partial charge in [-0.1, -0.05) is 364 Å². The van der Waals surface area contributed by atoms with E-state index in [0.717, 1.165) is 267 Å². The molecule has 0 atom stereocenters. The zero-order chi connectivity index (χ0) is 99.8. The minimum Gasteiger partial charge on any atom is -0.255 e. The number of nitrogens with zero attached hydrogens (tertiary/aromatic N) is 12. The van der Waals surface area contributed by atoms with E-state index in [9.17, 15) is 0 Å². The van der Waals surface area contributed by atoms with Gasteiger partial charge in [-0.3, -0.25) is 30.0 Å². The third kappa shape index (κ3) is 19.8. The molecule has 0 radical (unpaired) electrons. The average molecular weight is 1920 g/mol. The normalized spacial score (nSPS) is 11.8. The Morgan fingerprint density at radius 2 is 0.220 bits per heavy atom. The SMILES string of the molecule is C(=Nc1ccc(-c2ccc(-c3c(-c4ccc(-c5ccc(N=Cc6ccc7ccccc7n6)cc5)cc4)c(-c4ccc(-c5ccc(N=Cc6ccc7ccccc7n6)cc5)cc4)c(-c4ccc(-c5ccc(N=Cc6ccc7ccccc7n6)cc5)cc4)c(-c4ccc(-c5ccc(N=Cc6ccc7ccccc7n6)cc5)cc4)c3-c3ccc(-c4ccc(N=Cc5ccc6ccccc6n5)cc4)cc3)cc2)cc1)c1ccc2ccccc2n1. The standard InChI is InChI=1S/C138H90N12/c1-7-19-127-103(13-1)61-79-121(145-127)85-139-115-67-49-97(50-68-115)91-25-37-109(38-26-91)133-134(110-39-27-92(28-40-110)98-51-69-116(70-52-98)140-86-122-80-62-104-14-2-8-20-128(104)146-122)136(112-43-31-94(32-44-112)100-55-73-118(74-56-100)142-88-124-82-64-106-16-4-10-22-130(106)148-124)138(114-47-35-96(36-48-114)102-59-77-120(78-60-102)144-90-126-84-66-108-18-6-12-24-132(108)150-126)137(113-45-33-95(34-46-113)101-57-75-119(76-58-101)143-89-125-83-65-107-17-5-11-23-131(107)149-125)135(133)111-41-29-93(30-42-111)99-53-71-117(72-54-99)141-87-123-81-63-105-15-3-9-21-129(105)147-123/h1-90H. The number of rotatable bonds is 24. The summed E-state index contributed by atoms with van der Waals surface area (Å²) < 4.78 is 0. The molecular weight excluding hydrogens is 1830 g/mol. The van der Waals surface area contributed by atoms with Gasteiger partial charge in [0.05, 0.1) is 139 Å². The average Bonchev–Trinajstić information content (AvgIpc) is 0.709. The zero-order valence-electron chi connectivity index (χ0n) is 81.3. The summed E-state index contributed by atoms with van der Waals surface area (Å²) in [6.45, 7) is 0. The lowest BCUT2D eigenvalue weighted by atomic mass is 9.73. The van der Waals surface area contributed by atoms with Crippen molar-refractivity contribution in [2.24, 2.45) is 30.0 Å². The minimum atomic E-state index is 0.784. The number of benzene rings is 19. The number of pyridine rings is 6. The van der Waals surface area contributed by atoms with Crippen molar-refractivity contribution in [3.63, 3.8) is 0 Å². The second-order valence-corrected chi connectivity index (χ2v) is 37.1. The van der Waals surface area contributed by atoms with Crippen molar-refractivity contribution in [3.8, 4) is 134 Å². The molecule has 25 aromatic rings. The van der Waals surface area contributed by atoms with Gasteiger partial charge in [-0.2, -0.15) is 0 Å². The molecule has 0 saturated carbocycles. The number of hydrogen-bond donors (Lipinski definition) is 0. The Morgan fingerprint density at radius 3 is 0.353 bits per heavy atom. The number of hydrogen-bond acceptors (Lipinski definition) is 12. The Balaban J connectivity index is 0.683. The van der Waals surface area contributed by atoms with E-state index in [0.29, 0.717) is 0 Å². The lowest BCUT2D eigenvalue weighted by Crippen LogP contribution is -2.02. The van der Waals surface area contributed by atoms with Crippen LogP contribution in [0.5, 0.6) is 0 Å². The van der Waals surface area contributed by atoms with Crippen molar-refractivity contribution < 1.29 is 0 Å². The Morgan fingerprint density at radius 1 is 0.107 bits per heavy atom. The van der Waals surface area contributed by atoms with Crippen LogP contribution in [0.15, 0.2) is 540 Å². The first-order chi connectivity index (χ1) is 74.2. The fourth-order valence-corrected chi connectivity index (χ4v) is 19.7. The van der Waals surface area contributed by atoms with E-state index < -0.39 is 0 Å². The highest BCUT2D eigenvalue weighted by atomic mass is 14.8. The van der Waals surface area contributed by atoms with Crippen LogP contribution in [0.25, 0.3) is 199 Å². The molecule has 0 N–H and O–H groups in total. The fourth-order valence-electron chi connectivity index (χ4n) is 19.7. The molecule has 12 nitrogen and oxygen atoms in total. The minimum absolute atomic E-state index is 0.784. The maximum absolute atomic E-state index is 4.95. The summed E-state index contributed by atoms with van der Waals surface area (Å²) in [5, 5.41) is 6.49. The molecule has 12 heteroatoms. The van der Waals surface area contributed by atoms with Crippen LogP contribution in [0, 0.1) is 0 Å². The Kier molecular flexibility index (Phi) is 25.0. The molecule has 25 rings (SSSR count). The van der Waals surface area contributed by atoms with E-state index >= 15 is 0 Å². The van der Waals surface area contributed by atoms with Crippen LogP contribution in [0.1, 0.15) is 34.2 Å². The molecule has 0 aliphatic carbocycles. The third-order valence-corrected chi connectivity index (χ3v) is 27.5. The van der Waals surface area contributed by atoms with Crippen molar-refractivity contribution in [2.45, 2.75) is 0 Å². The monoisotopic (exact) mass is 1910 g/mol. The largest absolute Gasteiger partial charge is 0.255 e. The molecule has 19 aromatic carbocycles. The van der Waals surface area contributed by atoms with Gasteiger partial charge in [0.15, 0.2) is 0 Å². The van der Waals surface area contributed by atoms with Crippen molar-refractivity contribution in [1.82, 2.24) is 29.9 Å². The summed E-state index contributed by atoms with van der Waals surface area (Å²) in [4.78, 5) is 59.2. The van der Waals surface area contributed by atoms with Crippen LogP contribution >= 0.6 is 0 Å². The van der Waals surface area contributed by atoms with Gasteiger partial charge in [-0.15, -0.1) is 0 Å². The second kappa shape index (κ2) is 41.2. The van der Waals surface area contributed by atoms with Gasteiger partial charge in [0, 0.05) is 32.3 Å². The van der Waals surface area contributed by atoms with Crippen LogP contribution in [0.2, 0.25) is 0 Å². The predicted molar refractivity (Wildman–Crippen MR) is 626 cm³/mol. The van der Waals surface area contributed by atoms with Gasteiger partial charge >= 0.3 is 0 Å². The molecule has 0 aliphatic heterocycles. The summed E-state index contributed by atoms with van der Waals surface area (Å²) in [5.74, 6) is 0. The van der Waals surface area contributed by atoms with Crippen LogP contribution in [0.3, 0.4) is 0 Å². The molecule has 150 heavy (non-hydrogen) atoms. The fraction of sp³-hybridized carbons (Fsp3) is 0. The van der Waals surface area contributed by atoms with Gasteiger partial charge < -0.3 is 0 Å². The summed E-state index contributed by atoms with van der Waals surface area (Å²) in [5.41, 5.74) is 39.8. The van der Waals surface area contributed by atoms with Crippen molar-refractivity contribution in [1.29, 1.82) is 0 Å². The van der Waals surface area contributed by atoms with E-state index in [1.54, 1.807) is 0 Å². The van der Waals surface area contributed by atoms with Crippen LogP contribution in [-0.2, 0) is 0 Å². The first kappa shape index (κ1) is 90.9. The topological polar surface area (TPSA) is 152 Å². The highest BCUT2D eigenvalue weighted by molar-refractivity contribution is 6.16. The lowest BCUT2D eigenvalue weighted by Gasteiger charge is -2.29. The van der Waals surface area contributed by atoms with Gasteiger partial charge in [-0.25, -0.2) is 29.9 Å². The van der Waals surface area contributed by atoms with E-state index in [4.69, 9.17) is 59.9 Å². The highest BCUT2D eigenvalue weighted by Crippen LogP contribution is 2.57. The molecule has 6 aromatic heterocycles. The molecule has 6 heterocycles. The predicted octanol–water partition coefficient (Wildman–Crippen LogP) is 35.5. The molecule has 0 bridgehead atoms. The van der Waals surface area contributed by atoms with Crippen LogP contribution in [-0.4, -0.2) is 67.2 Å². The maximum Gasteiger partial charge on any atom is 0.0820 e. The zero-order valence-corrected chi connectivity index (χ0v) is 81.3. The molecule has 0 aliphatic rings. The Labute approximate surface area is 867 Å². The summed E-state index contributed by atoms with van der Waals surface area (Å²) in [6, 6.07) is 179. The van der Waals surface area contributed by atoms with Gasteiger partial charge in [0.1, 0.15) is 0 Å². The molecule has 0 unspecified atom stereocenters. The van der Waals surface area contributed by atoms with Gasteiger partial charge in [0.25, 0.3) is 0 Å². The lowest BCUT2D eigenvalue weighted by molar-refractivity contribution is 1.37. The molecule has 0 saturated heterocycles. The summed E-state index contributed by atoms with van der Waals surface area (Å²) in [7, 11) is 0. The quantitative estimate of drug-likeness (QED) is 0.0549. The highest BCUT2D eigenvalue weighted by Gasteiger charge is 2.31. The van der Waals surface area contributed by atoms with E-state index in [1.165, 1.54) is 0 Å². The van der Waals surface area contributed by atoms with Gasteiger partial charge in [0.2, 0.25) is 0 Å². The molecular formula is C138H90N12. The number of fused-ring (bicyclic) bond motifs is 6. The Bertz CT molecular complexity index is 8110. The van der Waals surface area contributed by atoms with Crippen molar-refractivity contribution in [3.05, 3.63) is 544 Å². The molecule has 0 spiro atoms. The first-order valence-electron chi connectivity index (χ1n) is 50.1. The van der Waals surface area contributed by atoms with Crippen LogP contribution < -0.4 is 0 Å². The van der Waals surface area contributed by atoms with E-state index in [-0.39, 0.29) is 0 Å². The number of para-hydroxylation sites is 6. The molecule has 0 amide bonds. The second-order valence-electron chi connectivity index (χ2n) is 37.1.